The van der Waals surface area contributed by atoms with Crippen LogP contribution in [-0.2, 0) is 21.7 Å². The molecule has 1 aliphatic rings. The summed E-state index contributed by atoms with van der Waals surface area (Å²) in [4.78, 5) is 27.5. The number of piperidine rings is 1. The number of benzene rings is 3. The second kappa shape index (κ2) is 12.6. The van der Waals surface area contributed by atoms with Gasteiger partial charge in [-0.15, -0.1) is 0 Å². The van der Waals surface area contributed by atoms with E-state index in [4.69, 9.17) is 30.5 Å². The molecule has 3 aromatic carbocycles. The third-order valence-corrected chi connectivity index (χ3v) is 6.86. The highest BCUT2D eigenvalue weighted by atomic mass is 35.5. The summed E-state index contributed by atoms with van der Waals surface area (Å²) < 4.78 is 22.4. The van der Waals surface area contributed by atoms with Crippen molar-refractivity contribution in [3.05, 3.63) is 88.9 Å². The second-order valence-corrected chi connectivity index (χ2v) is 9.34. The number of hydrogen-bond donors (Lipinski definition) is 1. The lowest BCUT2D eigenvalue weighted by Crippen LogP contribution is -2.49. The molecule has 1 fully saturated rings. The molecule has 0 aromatic heterocycles. The molecule has 3 aromatic rings. The Morgan fingerprint density at radius 2 is 1.61 bits per heavy atom. The minimum absolute atomic E-state index is 0.0784. The number of halogens is 1. The van der Waals surface area contributed by atoms with Crippen LogP contribution in [0, 0.1) is 0 Å². The van der Waals surface area contributed by atoms with Gasteiger partial charge >= 0.3 is 6.09 Å². The Balaban J connectivity index is 1.38. The number of nitrogens with one attached hydrogen (secondary N) is 1. The molecule has 0 atom stereocenters. The van der Waals surface area contributed by atoms with Gasteiger partial charge in [-0.1, -0.05) is 41.9 Å². The van der Waals surface area contributed by atoms with E-state index in [0.29, 0.717) is 48.2 Å². The Morgan fingerprint density at radius 1 is 0.921 bits per heavy atom. The molecule has 38 heavy (non-hydrogen) atoms. The van der Waals surface area contributed by atoms with Gasteiger partial charge in [0.25, 0.3) is 5.91 Å². The van der Waals surface area contributed by atoms with E-state index in [9.17, 15) is 9.59 Å². The van der Waals surface area contributed by atoms with E-state index in [1.807, 2.05) is 36.4 Å². The average Bonchev–Trinajstić information content (AvgIpc) is 2.96. The molecular formula is C29H31ClN2O6. The summed E-state index contributed by atoms with van der Waals surface area (Å²) in [5.74, 6) is 1.72. The number of likely N-dealkylation sites (tertiary alicyclic amines) is 1. The fourth-order valence-corrected chi connectivity index (χ4v) is 4.58. The molecule has 0 unspecified atom stereocenters. The topological polar surface area (TPSA) is 86.3 Å². The van der Waals surface area contributed by atoms with Crippen LogP contribution in [0.3, 0.4) is 0 Å². The second-order valence-electron chi connectivity index (χ2n) is 8.90. The van der Waals surface area contributed by atoms with Gasteiger partial charge in [0, 0.05) is 49.1 Å². The van der Waals surface area contributed by atoms with Crippen LogP contribution in [0.1, 0.15) is 24.0 Å². The first-order chi connectivity index (χ1) is 18.4. The zero-order valence-electron chi connectivity index (χ0n) is 21.4. The van der Waals surface area contributed by atoms with Gasteiger partial charge in [0.2, 0.25) is 0 Å². The van der Waals surface area contributed by atoms with E-state index in [1.54, 1.807) is 55.5 Å². The third-order valence-electron chi connectivity index (χ3n) is 6.61. The van der Waals surface area contributed by atoms with Crippen molar-refractivity contribution in [2.75, 3.05) is 33.9 Å². The summed E-state index contributed by atoms with van der Waals surface area (Å²) in [5.41, 5.74) is 0.824. The fourth-order valence-electron chi connectivity index (χ4n) is 4.45. The lowest BCUT2D eigenvalue weighted by Gasteiger charge is -2.41. The van der Waals surface area contributed by atoms with Gasteiger partial charge in [-0.05, 0) is 42.0 Å². The highest BCUT2D eigenvalue weighted by Crippen LogP contribution is 2.37. The van der Waals surface area contributed by atoms with Crippen LogP contribution in [0.2, 0.25) is 5.02 Å². The third kappa shape index (κ3) is 6.69. The molecule has 0 aliphatic carbocycles. The van der Waals surface area contributed by atoms with Crippen molar-refractivity contribution in [3.63, 3.8) is 0 Å². The Morgan fingerprint density at radius 3 is 2.26 bits per heavy atom. The van der Waals surface area contributed by atoms with Gasteiger partial charge in [-0.2, -0.15) is 0 Å². The van der Waals surface area contributed by atoms with Gasteiger partial charge in [-0.3, -0.25) is 4.79 Å². The van der Waals surface area contributed by atoms with Gasteiger partial charge < -0.3 is 29.2 Å². The normalized spacial score (nSPS) is 14.3. The molecule has 0 radical (unpaired) electrons. The Bertz CT molecular complexity index is 1230. The average molecular weight is 539 g/mol. The predicted octanol–water partition coefficient (Wildman–Crippen LogP) is 5.18. The van der Waals surface area contributed by atoms with Crippen LogP contribution in [0.25, 0.3) is 0 Å². The minimum Gasteiger partial charge on any atom is -0.497 e. The number of ether oxygens (including phenoxy) is 4. The summed E-state index contributed by atoms with van der Waals surface area (Å²) in [5, 5.41) is 3.44. The SMILES string of the molecule is COc1ccc(CNC(=O)OC2(c3ccccc3)CCN(C(=O)COc3ccc(Cl)cc3)CC2)c(OC)c1. The van der Waals surface area contributed by atoms with Crippen molar-refractivity contribution >= 4 is 23.6 Å². The van der Waals surface area contributed by atoms with E-state index in [1.165, 1.54) is 0 Å². The van der Waals surface area contributed by atoms with E-state index >= 15 is 0 Å². The smallest absolute Gasteiger partial charge is 0.408 e. The summed E-state index contributed by atoms with van der Waals surface area (Å²) in [6.07, 6.45) is 0.379. The number of hydrogen-bond acceptors (Lipinski definition) is 6. The molecule has 1 aliphatic heterocycles. The maximum Gasteiger partial charge on any atom is 0.408 e. The summed E-state index contributed by atoms with van der Waals surface area (Å²) in [7, 11) is 3.15. The van der Waals surface area contributed by atoms with Crippen LogP contribution in [0.4, 0.5) is 4.79 Å². The van der Waals surface area contributed by atoms with Gasteiger partial charge in [0.15, 0.2) is 6.61 Å². The zero-order valence-corrected chi connectivity index (χ0v) is 22.2. The van der Waals surface area contributed by atoms with Crippen molar-refractivity contribution in [2.24, 2.45) is 0 Å². The molecule has 4 rings (SSSR count). The van der Waals surface area contributed by atoms with Crippen LogP contribution in [0.15, 0.2) is 72.8 Å². The van der Waals surface area contributed by atoms with E-state index < -0.39 is 11.7 Å². The first kappa shape index (κ1) is 27.1. The monoisotopic (exact) mass is 538 g/mol. The van der Waals surface area contributed by atoms with Crippen LogP contribution < -0.4 is 19.5 Å². The van der Waals surface area contributed by atoms with Crippen molar-refractivity contribution in [1.82, 2.24) is 10.2 Å². The zero-order chi connectivity index (χ0) is 27.0. The number of methoxy groups -OCH3 is 2. The highest BCUT2D eigenvalue weighted by Gasteiger charge is 2.41. The largest absolute Gasteiger partial charge is 0.497 e. The first-order valence-electron chi connectivity index (χ1n) is 12.3. The Labute approximate surface area is 227 Å². The summed E-state index contributed by atoms with van der Waals surface area (Å²) in [6, 6.07) is 21.9. The number of nitrogens with zero attached hydrogens (tertiary/aromatic N) is 1. The molecule has 0 bridgehead atoms. The highest BCUT2D eigenvalue weighted by molar-refractivity contribution is 6.30. The van der Waals surface area contributed by atoms with Crippen molar-refractivity contribution in [3.8, 4) is 17.2 Å². The molecule has 8 nitrogen and oxygen atoms in total. The van der Waals surface area contributed by atoms with Gasteiger partial charge in [0.1, 0.15) is 22.8 Å². The lowest BCUT2D eigenvalue weighted by atomic mass is 9.84. The van der Waals surface area contributed by atoms with Gasteiger partial charge in [0.05, 0.1) is 14.2 Å². The Hall–Kier alpha value is -3.91. The van der Waals surface area contributed by atoms with E-state index in [-0.39, 0.29) is 19.1 Å². The molecular weight excluding hydrogens is 508 g/mol. The number of amides is 2. The van der Waals surface area contributed by atoms with Gasteiger partial charge in [-0.25, -0.2) is 4.79 Å². The van der Waals surface area contributed by atoms with Crippen LogP contribution in [0.5, 0.6) is 17.2 Å². The van der Waals surface area contributed by atoms with E-state index in [0.717, 1.165) is 11.1 Å². The lowest BCUT2D eigenvalue weighted by molar-refractivity contribution is -0.138. The molecule has 0 spiro atoms. The first-order valence-corrected chi connectivity index (χ1v) is 12.7. The van der Waals surface area contributed by atoms with Crippen molar-refractivity contribution < 1.29 is 28.5 Å². The van der Waals surface area contributed by atoms with Crippen molar-refractivity contribution in [2.45, 2.75) is 25.0 Å². The van der Waals surface area contributed by atoms with E-state index in [2.05, 4.69) is 5.32 Å². The predicted molar refractivity (Wildman–Crippen MR) is 144 cm³/mol. The summed E-state index contributed by atoms with van der Waals surface area (Å²) in [6.45, 7) is 1.00. The number of rotatable bonds is 9. The quantitative estimate of drug-likeness (QED) is 0.404. The van der Waals surface area contributed by atoms with Crippen LogP contribution >= 0.6 is 11.6 Å². The van der Waals surface area contributed by atoms with Crippen LogP contribution in [-0.4, -0.2) is 50.8 Å². The molecule has 9 heteroatoms. The molecule has 1 saturated heterocycles. The number of alkyl carbamates (subject to hydrolysis) is 1. The van der Waals surface area contributed by atoms with Crippen molar-refractivity contribution in [1.29, 1.82) is 0 Å². The number of carbonyl (C=O) groups excluding carboxylic acids is 2. The molecule has 1 heterocycles. The number of carbonyl (C=O) groups is 2. The molecule has 1 N–H and O–H groups in total. The Kier molecular flexibility index (Phi) is 8.97. The fraction of sp³-hybridized carbons (Fsp3) is 0.310. The molecule has 0 saturated carbocycles. The maximum absolute atomic E-state index is 13.0. The minimum atomic E-state index is -0.858. The molecule has 200 valence electrons. The maximum atomic E-state index is 13.0. The molecule has 2 amide bonds. The summed E-state index contributed by atoms with van der Waals surface area (Å²) >= 11 is 5.90. The standard InChI is InChI=1S/C29H31ClN2O6/c1-35-25-11-8-21(26(18-25)36-2)19-31-28(34)38-29(22-6-4-3-5-7-22)14-16-32(17-15-29)27(33)20-37-24-12-9-23(30)10-13-24/h3-13,18H,14-17,19-20H2,1-2H3,(H,31,34).